The van der Waals surface area contributed by atoms with E-state index in [2.05, 4.69) is 27.9 Å². The topological polar surface area (TPSA) is 55.2 Å². The summed E-state index contributed by atoms with van der Waals surface area (Å²) in [6, 6.07) is 4.87. The molecular formula is C8H9IN2O2. The number of nitro groups is 1. The van der Waals surface area contributed by atoms with Gasteiger partial charge in [0.05, 0.1) is 4.92 Å². The molecule has 0 aliphatic heterocycles. The number of nitrogens with zero attached hydrogens (tertiary/aromatic N) is 1. The zero-order chi connectivity index (χ0) is 9.84. The van der Waals surface area contributed by atoms with Gasteiger partial charge in [0.25, 0.3) is 5.69 Å². The molecule has 13 heavy (non-hydrogen) atoms. The van der Waals surface area contributed by atoms with Crippen LogP contribution in [0.3, 0.4) is 0 Å². The predicted molar refractivity (Wildman–Crippen MR) is 58.6 cm³/mol. The van der Waals surface area contributed by atoms with Crippen molar-refractivity contribution in [3.63, 3.8) is 0 Å². The van der Waals surface area contributed by atoms with Crippen molar-refractivity contribution < 1.29 is 4.92 Å². The Kier molecular flexibility index (Phi) is 3.61. The van der Waals surface area contributed by atoms with Crippen molar-refractivity contribution in [3.05, 3.63) is 37.4 Å². The first-order chi connectivity index (χ1) is 6.15. The van der Waals surface area contributed by atoms with E-state index in [1.807, 2.05) is 7.05 Å². The Labute approximate surface area is 89.6 Å². The van der Waals surface area contributed by atoms with Crippen molar-refractivity contribution in [2.45, 2.75) is 6.54 Å². The Balaban J connectivity index is 2.98. The van der Waals surface area contributed by atoms with Crippen LogP contribution < -0.4 is 5.32 Å². The number of halogens is 1. The van der Waals surface area contributed by atoms with Crippen LogP contribution in [0.2, 0.25) is 0 Å². The van der Waals surface area contributed by atoms with Crippen molar-refractivity contribution in [3.8, 4) is 0 Å². The van der Waals surface area contributed by atoms with Crippen molar-refractivity contribution >= 4 is 28.3 Å². The summed E-state index contributed by atoms with van der Waals surface area (Å²) in [5.74, 6) is 0. The van der Waals surface area contributed by atoms with Crippen LogP contribution in [0.1, 0.15) is 5.56 Å². The smallest absolute Gasteiger partial charge is 0.270 e. The number of rotatable bonds is 3. The van der Waals surface area contributed by atoms with Gasteiger partial charge in [0.2, 0.25) is 0 Å². The molecule has 0 heterocycles. The molecule has 0 bridgehead atoms. The maximum atomic E-state index is 10.4. The summed E-state index contributed by atoms with van der Waals surface area (Å²) < 4.78 is 0.918. The lowest BCUT2D eigenvalue weighted by molar-refractivity contribution is -0.385. The molecule has 4 nitrogen and oxygen atoms in total. The first-order valence-electron chi connectivity index (χ1n) is 3.72. The molecule has 70 valence electrons. The standard InChI is InChI=1S/C8H9IN2O2/c1-10-5-6-2-3-7(11(12)13)4-8(6)9/h2-4,10H,5H2,1H3. The maximum Gasteiger partial charge on any atom is 0.270 e. The number of nitrogens with one attached hydrogen (secondary N) is 1. The molecule has 1 rings (SSSR count). The molecule has 0 amide bonds. The van der Waals surface area contributed by atoms with E-state index in [1.54, 1.807) is 12.1 Å². The van der Waals surface area contributed by atoms with Gasteiger partial charge in [-0.2, -0.15) is 0 Å². The Bertz CT molecular complexity index is 328. The predicted octanol–water partition coefficient (Wildman–Crippen LogP) is 1.92. The van der Waals surface area contributed by atoms with Gasteiger partial charge >= 0.3 is 0 Å². The zero-order valence-corrected chi connectivity index (χ0v) is 9.24. The van der Waals surface area contributed by atoms with Gasteiger partial charge in [0.15, 0.2) is 0 Å². The van der Waals surface area contributed by atoms with E-state index in [0.717, 1.165) is 15.7 Å². The summed E-state index contributed by atoms with van der Waals surface area (Å²) in [5, 5.41) is 13.4. The first-order valence-corrected chi connectivity index (χ1v) is 4.80. The number of nitro benzene ring substituents is 1. The van der Waals surface area contributed by atoms with Crippen molar-refractivity contribution in [1.29, 1.82) is 0 Å². The van der Waals surface area contributed by atoms with Crippen LogP contribution in [0.15, 0.2) is 18.2 Å². The van der Waals surface area contributed by atoms with Gasteiger partial charge in [-0.05, 0) is 41.3 Å². The van der Waals surface area contributed by atoms with Crippen LogP contribution >= 0.6 is 22.6 Å². The Hall–Kier alpha value is -0.690. The van der Waals surface area contributed by atoms with E-state index in [-0.39, 0.29) is 10.6 Å². The van der Waals surface area contributed by atoms with Gasteiger partial charge in [0, 0.05) is 22.2 Å². The molecule has 0 aliphatic rings. The second kappa shape index (κ2) is 4.52. The van der Waals surface area contributed by atoms with E-state index >= 15 is 0 Å². The fourth-order valence-corrected chi connectivity index (χ4v) is 1.67. The Morgan fingerprint density at radius 3 is 2.77 bits per heavy atom. The second-order valence-electron chi connectivity index (χ2n) is 2.56. The molecule has 1 aromatic carbocycles. The first kappa shape index (κ1) is 10.4. The molecule has 0 saturated carbocycles. The van der Waals surface area contributed by atoms with Crippen LogP contribution in [0, 0.1) is 13.7 Å². The van der Waals surface area contributed by atoms with Crippen LogP contribution in [0.25, 0.3) is 0 Å². The Morgan fingerprint density at radius 2 is 2.31 bits per heavy atom. The second-order valence-corrected chi connectivity index (χ2v) is 3.73. The summed E-state index contributed by atoms with van der Waals surface area (Å²) in [6.07, 6.45) is 0. The highest BCUT2D eigenvalue weighted by atomic mass is 127. The quantitative estimate of drug-likeness (QED) is 0.526. The van der Waals surface area contributed by atoms with Gasteiger partial charge in [-0.25, -0.2) is 0 Å². The SMILES string of the molecule is CNCc1ccc([N+](=O)[O-])cc1I. The largest absolute Gasteiger partial charge is 0.316 e. The average Bonchev–Trinajstić information content (AvgIpc) is 2.08. The Morgan fingerprint density at radius 1 is 1.62 bits per heavy atom. The number of benzene rings is 1. The van der Waals surface area contributed by atoms with Gasteiger partial charge in [0.1, 0.15) is 0 Å². The summed E-state index contributed by atoms with van der Waals surface area (Å²) in [6.45, 7) is 0.732. The molecule has 0 aliphatic carbocycles. The molecule has 0 aromatic heterocycles. The third kappa shape index (κ3) is 2.63. The zero-order valence-electron chi connectivity index (χ0n) is 7.08. The molecule has 5 heteroatoms. The van der Waals surface area contributed by atoms with Gasteiger partial charge in [-0.3, -0.25) is 10.1 Å². The van der Waals surface area contributed by atoms with E-state index in [9.17, 15) is 10.1 Å². The lowest BCUT2D eigenvalue weighted by Gasteiger charge is -2.02. The molecule has 1 N–H and O–H groups in total. The molecule has 0 atom stereocenters. The van der Waals surface area contributed by atoms with E-state index in [1.165, 1.54) is 6.07 Å². The third-order valence-electron chi connectivity index (χ3n) is 1.61. The summed E-state index contributed by atoms with van der Waals surface area (Å²) in [7, 11) is 1.84. The molecule has 0 saturated heterocycles. The lowest BCUT2D eigenvalue weighted by atomic mass is 10.2. The maximum absolute atomic E-state index is 10.4. The molecule has 1 aromatic rings. The van der Waals surface area contributed by atoms with Crippen molar-refractivity contribution in [2.75, 3.05) is 7.05 Å². The van der Waals surface area contributed by atoms with Crippen LogP contribution in [-0.4, -0.2) is 12.0 Å². The third-order valence-corrected chi connectivity index (χ3v) is 2.62. The van der Waals surface area contributed by atoms with E-state index < -0.39 is 0 Å². The molecule has 0 unspecified atom stereocenters. The van der Waals surface area contributed by atoms with Gasteiger partial charge < -0.3 is 5.32 Å². The van der Waals surface area contributed by atoms with E-state index in [4.69, 9.17) is 0 Å². The van der Waals surface area contributed by atoms with Gasteiger partial charge in [-0.1, -0.05) is 0 Å². The highest BCUT2D eigenvalue weighted by Crippen LogP contribution is 2.19. The number of non-ortho nitro benzene ring substituents is 1. The molecule has 0 radical (unpaired) electrons. The fourth-order valence-electron chi connectivity index (χ4n) is 0.984. The lowest BCUT2D eigenvalue weighted by Crippen LogP contribution is -2.06. The van der Waals surface area contributed by atoms with E-state index in [0.29, 0.717) is 0 Å². The summed E-state index contributed by atoms with van der Waals surface area (Å²) in [5.41, 5.74) is 1.22. The van der Waals surface area contributed by atoms with Crippen molar-refractivity contribution in [2.24, 2.45) is 0 Å². The molecule has 0 fully saturated rings. The van der Waals surface area contributed by atoms with Crippen LogP contribution in [0.5, 0.6) is 0 Å². The van der Waals surface area contributed by atoms with Crippen LogP contribution in [-0.2, 0) is 6.54 Å². The minimum absolute atomic E-state index is 0.143. The summed E-state index contributed by atoms with van der Waals surface area (Å²) >= 11 is 2.10. The summed E-state index contributed by atoms with van der Waals surface area (Å²) in [4.78, 5) is 10.0. The van der Waals surface area contributed by atoms with Crippen LogP contribution in [0.4, 0.5) is 5.69 Å². The van der Waals surface area contributed by atoms with Gasteiger partial charge in [-0.15, -0.1) is 0 Å². The minimum Gasteiger partial charge on any atom is -0.316 e. The highest BCUT2D eigenvalue weighted by molar-refractivity contribution is 14.1. The normalized spacial score (nSPS) is 10.0. The van der Waals surface area contributed by atoms with Crippen molar-refractivity contribution in [1.82, 2.24) is 5.32 Å². The minimum atomic E-state index is -0.384. The number of hydrogen-bond donors (Lipinski definition) is 1. The number of hydrogen-bond acceptors (Lipinski definition) is 3. The fraction of sp³-hybridized carbons (Fsp3) is 0.250. The molecule has 0 spiro atoms. The average molecular weight is 292 g/mol. The highest BCUT2D eigenvalue weighted by Gasteiger charge is 2.07. The molecular weight excluding hydrogens is 283 g/mol. The monoisotopic (exact) mass is 292 g/mol.